The van der Waals surface area contributed by atoms with Gasteiger partial charge in [0.15, 0.2) is 6.04 Å². The first-order valence-electron chi connectivity index (χ1n) is 6.39. The Morgan fingerprint density at radius 1 is 1.30 bits per heavy atom. The molecule has 2 atom stereocenters. The van der Waals surface area contributed by atoms with Crippen molar-refractivity contribution in [2.24, 2.45) is 5.18 Å². The Hall–Kier alpha value is -1.46. The van der Waals surface area contributed by atoms with Crippen molar-refractivity contribution in [1.82, 2.24) is 0 Å². The maximum absolute atomic E-state index is 11.5. The molecule has 5 nitrogen and oxygen atoms in total. The van der Waals surface area contributed by atoms with Gasteiger partial charge in [-0.15, -0.1) is 4.91 Å². The molecule has 1 rings (SSSR count). The Balaban J connectivity index is 2.62. The van der Waals surface area contributed by atoms with E-state index in [1.807, 2.05) is 12.1 Å². The topological polar surface area (TPSA) is 65.0 Å². The normalized spacial score (nSPS) is 13.6. The largest absolute Gasteiger partial charge is 0.464 e. The van der Waals surface area contributed by atoms with Gasteiger partial charge in [-0.2, -0.15) is 0 Å². The number of benzene rings is 1. The van der Waals surface area contributed by atoms with E-state index >= 15 is 0 Å². The maximum atomic E-state index is 11.5. The van der Waals surface area contributed by atoms with Gasteiger partial charge in [-0.05, 0) is 37.5 Å². The molecule has 0 amide bonds. The fraction of sp³-hybridized carbons (Fsp3) is 0.500. The van der Waals surface area contributed by atoms with Crippen molar-refractivity contribution in [3.8, 4) is 0 Å². The van der Waals surface area contributed by atoms with Gasteiger partial charge in [0.1, 0.15) is 0 Å². The van der Waals surface area contributed by atoms with Gasteiger partial charge >= 0.3 is 5.97 Å². The molecule has 0 bridgehead atoms. The smallest absolute Gasteiger partial charge is 0.334 e. The molecule has 0 spiro atoms. The second kappa shape index (κ2) is 8.66. The minimum absolute atomic E-state index is 0.217. The summed E-state index contributed by atoms with van der Waals surface area (Å²) < 4.78 is 10.2. The van der Waals surface area contributed by atoms with Gasteiger partial charge in [0, 0.05) is 12.1 Å². The summed E-state index contributed by atoms with van der Waals surface area (Å²) in [6, 6.07) is 6.25. The summed E-state index contributed by atoms with van der Waals surface area (Å²) in [5.41, 5.74) is 0.936. The summed E-state index contributed by atoms with van der Waals surface area (Å²) in [4.78, 5) is 22.2. The van der Waals surface area contributed by atoms with Gasteiger partial charge in [0.2, 0.25) is 0 Å². The molecule has 0 radical (unpaired) electrons. The molecule has 1 aromatic carbocycles. The fourth-order valence-corrected chi connectivity index (χ4v) is 1.99. The van der Waals surface area contributed by atoms with Crippen LogP contribution < -0.4 is 0 Å². The lowest BCUT2D eigenvalue weighted by atomic mass is 10.0. The first kappa shape index (κ1) is 16.6. The summed E-state index contributed by atoms with van der Waals surface area (Å²) >= 11 is 5.83. The molecular formula is C14H18ClNO4. The monoisotopic (exact) mass is 299 g/mol. The Labute approximate surface area is 123 Å². The van der Waals surface area contributed by atoms with Gasteiger partial charge in [0.05, 0.1) is 12.7 Å². The second-order valence-corrected chi connectivity index (χ2v) is 4.66. The summed E-state index contributed by atoms with van der Waals surface area (Å²) in [6.07, 6.45) is 0.558. The summed E-state index contributed by atoms with van der Waals surface area (Å²) in [5, 5.41) is 3.46. The van der Waals surface area contributed by atoms with E-state index in [4.69, 9.17) is 21.1 Å². The predicted molar refractivity (Wildman–Crippen MR) is 76.7 cm³/mol. The number of carbonyl (C=O) groups excluding carboxylic acids is 1. The summed E-state index contributed by atoms with van der Waals surface area (Å²) in [6.45, 7) is 1.92. The van der Waals surface area contributed by atoms with E-state index < -0.39 is 12.0 Å². The highest BCUT2D eigenvalue weighted by Gasteiger charge is 2.22. The lowest BCUT2D eigenvalue weighted by Crippen LogP contribution is -2.22. The molecule has 0 aliphatic heterocycles. The third-order valence-corrected chi connectivity index (χ3v) is 3.17. The number of methoxy groups -OCH3 is 1. The van der Waals surface area contributed by atoms with Gasteiger partial charge < -0.3 is 9.47 Å². The highest BCUT2D eigenvalue weighted by atomic mass is 35.5. The number of hydrogen-bond donors (Lipinski definition) is 0. The molecule has 2 unspecified atom stereocenters. The molecule has 0 aliphatic rings. The molecule has 0 heterocycles. The van der Waals surface area contributed by atoms with E-state index in [-0.39, 0.29) is 19.1 Å². The lowest BCUT2D eigenvalue weighted by Gasteiger charge is -2.17. The summed E-state index contributed by atoms with van der Waals surface area (Å²) in [5.74, 6) is -0.589. The molecule has 1 aromatic rings. The number of ether oxygens (including phenoxy) is 2. The zero-order valence-electron chi connectivity index (χ0n) is 11.5. The van der Waals surface area contributed by atoms with Crippen LogP contribution >= 0.6 is 11.6 Å². The highest BCUT2D eigenvalue weighted by Crippen LogP contribution is 2.25. The van der Waals surface area contributed by atoms with Gasteiger partial charge in [-0.3, -0.25) is 0 Å². The van der Waals surface area contributed by atoms with Crippen LogP contribution in [0.5, 0.6) is 0 Å². The average molecular weight is 300 g/mol. The van der Waals surface area contributed by atoms with Crippen molar-refractivity contribution in [1.29, 1.82) is 0 Å². The van der Waals surface area contributed by atoms with E-state index in [0.29, 0.717) is 11.4 Å². The fourth-order valence-electron chi connectivity index (χ4n) is 1.86. The van der Waals surface area contributed by atoms with Crippen molar-refractivity contribution in [3.05, 3.63) is 39.8 Å². The van der Waals surface area contributed by atoms with Crippen LogP contribution in [0.25, 0.3) is 0 Å². The average Bonchev–Trinajstić information content (AvgIpc) is 2.45. The van der Waals surface area contributed by atoms with Crippen molar-refractivity contribution in [3.63, 3.8) is 0 Å². The van der Waals surface area contributed by atoms with Crippen LogP contribution in [-0.4, -0.2) is 25.7 Å². The van der Waals surface area contributed by atoms with E-state index in [9.17, 15) is 9.70 Å². The zero-order chi connectivity index (χ0) is 15.0. The number of hydrogen-bond acceptors (Lipinski definition) is 5. The molecule has 0 aromatic heterocycles. The number of halogens is 1. The Morgan fingerprint density at radius 3 is 2.45 bits per heavy atom. The Bertz CT molecular complexity index is 435. The first-order valence-corrected chi connectivity index (χ1v) is 6.77. The van der Waals surface area contributed by atoms with E-state index in [2.05, 4.69) is 5.18 Å². The minimum Gasteiger partial charge on any atom is -0.464 e. The van der Waals surface area contributed by atoms with Gasteiger partial charge in [0.25, 0.3) is 0 Å². The molecule has 0 N–H and O–H groups in total. The molecule has 0 aliphatic carbocycles. The number of rotatable bonds is 8. The highest BCUT2D eigenvalue weighted by molar-refractivity contribution is 6.30. The van der Waals surface area contributed by atoms with Crippen LogP contribution in [0.1, 0.15) is 31.4 Å². The quantitative estimate of drug-likeness (QED) is 0.544. The minimum atomic E-state index is -0.986. The standard InChI is InChI=1S/C14H18ClNO4/c1-3-20-14(17)12(16-18)8-9-13(19-2)10-4-6-11(15)7-5-10/h4-7,12-13H,3,8-9H2,1-2H3. The van der Waals surface area contributed by atoms with Crippen LogP contribution in [0.2, 0.25) is 5.02 Å². The molecule has 0 fully saturated rings. The lowest BCUT2D eigenvalue weighted by molar-refractivity contribution is -0.144. The number of carbonyl (C=O) groups is 1. The van der Waals surface area contributed by atoms with E-state index in [1.165, 1.54) is 0 Å². The van der Waals surface area contributed by atoms with E-state index in [0.717, 1.165) is 5.56 Å². The number of nitroso groups, excluding NO2 is 1. The van der Waals surface area contributed by atoms with Crippen LogP contribution in [-0.2, 0) is 14.3 Å². The number of esters is 1. The Morgan fingerprint density at radius 2 is 1.95 bits per heavy atom. The third-order valence-electron chi connectivity index (χ3n) is 2.91. The number of nitrogens with zero attached hydrogens (tertiary/aromatic N) is 1. The molecule has 110 valence electrons. The van der Waals surface area contributed by atoms with Crippen LogP contribution in [0.4, 0.5) is 0 Å². The van der Waals surface area contributed by atoms with Crippen molar-refractivity contribution in [2.75, 3.05) is 13.7 Å². The van der Waals surface area contributed by atoms with Gasteiger partial charge in [-0.25, -0.2) is 4.79 Å². The van der Waals surface area contributed by atoms with Gasteiger partial charge in [-0.1, -0.05) is 28.9 Å². The molecule has 20 heavy (non-hydrogen) atoms. The Kier molecular flexibility index (Phi) is 7.18. The van der Waals surface area contributed by atoms with Crippen LogP contribution in [0.15, 0.2) is 29.4 Å². The van der Waals surface area contributed by atoms with Crippen LogP contribution in [0, 0.1) is 4.91 Å². The first-order chi connectivity index (χ1) is 9.62. The maximum Gasteiger partial charge on any atom is 0.334 e. The molecular weight excluding hydrogens is 282 g/mol. The molecule has 0 saturated heterocycles. The van der Waals surface area contributed by atoms with Crippen molar-refractivity contribution >= 4 is 17.6 Å². The van der Waals surface area contributed by atoms with Crippen molar-refractivity contribution < 1.29 is 14.3 Å². The summed E-state index contributed by atoms with van der Waals surface area (Å²) in [7, 11) is 1.58. The van der Waals surface area contributed by atoms with E-state index in [1.54, 1.807) is 26.2 Å². The van der Waals surface area contributed by atoms with Crippen LogP contribution in [0.3, 0.4) is 0 Å². The van der Waals surface area contributed by atoms with Crippen molar-refractivity contribution in [2.45, 2.75) is 31.9 Å². The molecule has 0 saturated carbocycles. The second-order valence-electron chi connectivity index (χ2n) is 4.23. The zero-order valence-corrected chi connectivity index (χ0v) is 12.3. The SMILES string of the molecule is CCOC(=O)C(CCC(OC)c1ccc(Cl)cc1)N=O. The molecule has 6 heteroatoms. The predicted octanol–water partition coefficient (Wildman–Crippen LogP) is 3.51. The third kappa shape index (κ3) is 4.90.